The second kappa shape index (κ2) is 9.89. The molecule has 0 fully saturated rings. The van der Waals surface area contributed by atoms with Crippen molar-refractivity contribution >= 4 is 29.2 Å². The number of amides is 2. The Kier molecular flexibility index (Phi) is 6.57. The van der Waals surface area contributed by atoms with Crippen LogP contribution in [-0.2, 0) is 11.3 Å². The third kappa shape index (κ3) is 5.01. The molecule has 0 aliphatic heterocycles. The molecule has 160 valence electrons. The quantitative estimate of drug-likeness (QED) is 0.418. The molecule has 7 heteroatoms. The number of hydrogen-bond acceptors (Lipinski definition) is 4. The van der Waals surface area contributed by atoms with Gasteiger partial charge in [-0.25, -0.2) is 4.98 Å². The molecular weight excluding hydrogens is 420 g/mol. The lowest BCUT2D eigenvalue weighted by Crippen LogP contribution is -2.34. The number of rotatable bonds is 7. The summed E-state index contributed by atoms with van der Waals surface area (Å²) < 4.78 is 1.97. The molecule has 0 spiro atoms. The van der Waals surface area contributed by atoms with Crippen molar-refractivity contribution in [2.24, 2.45) is 0 Å². The monoisotopic (exact) mass is 442 g/mol. The third-order valence-corrected chi connectivity index (χ3v) is 5.69. The van der Waals surface area contributed by atoms with Gasteiger partial charge in [0.05, 0.1) is 5.69 Å². The van der Waals surface area contributed by atoms with Crippen molar-refractivity contribution in [2.45, 2.75) is 13.5 Å². The molecule has 0 unspecified atom stereocenters. The van der Waals surface area contributed by atoms with Crippen molar-refractivity contribution in [1.29, 1.82) is 0 Å². The fourth-order valence-corrected chi connectivity index (χ4v) is 3.91. The molecule has 2 heterocycles. The SMILES string of the molecule is Cc1nccn1-c1ccccc1CNC(=O)/C(=C/c1cccs1)NC(=O)c1ccccc1. The second-order valence-electron chi connectivity index (χ2n) is 7.05. The summed E-state index contributed by atoms with van der Waals surface area (Å²) in [6, 6.07) is 20.4. The topological polar surface area (TPSA) is 76.0 Å². The Balaban J connectivity index is 1.54. The maximum absolute atomic E-state index is 13.1. The van der Waals surface area contributed by atoms with Gasteiger partial charge in [-0.3, -0.25) is 9.59 Å². The van der Waals surface area contributed by atoms with Gasteiger partial charge < -0.3 is 15.2 Å². The van der Waals surface area contributed by atoms with Crippen LogP contribution in [0.3, 0.4) is 0 Å². The molecule has 4 aromatic rings. The number of imidazole rings is 1. The van der Waals surface area contributed by atoms with Crippen molar-refractivity contribution in [3.63, 3.8) is 0 Å². The first-order chi connectivity index (χ1) is 15.6. The average Bonchev–Trinajstić information content (AvgIpc) is 3.49. The van der Waals surface area contributed by atoms with Crippen LogP contribution in [0.4, 0.5) is 0 Å². The molecule has 0 aliphatic rings. The normalized spacial score (nSPS) is 11.2. The zero-order valence-electron chi connectivity index (χ0n) is 17.5. The zero-order chi connectivity index (χ0) is 22.3. The smallest absolute Gasteiger partial charge is 0.268 e. The van der Waals surface area contributed by atoms with Crippen molar-refractivity contribution in [2.75, 3.05) is 0 Å². The van der Waals surface area contributed by atoms with E-state index >= 15 is 0 Å². The Bertz CT molecular complexity index is 1240. The summed E-state index contributed by atoms with van der Waals surface area (Å²) in [5, 5.41) is 7.62. The summed E-state index contributed by atoms with van der Waals surface area (Å²) in [6.07, 6.45) is 5.32. The van der Waals surface area contributed by atoms with Crippen molar-refractivity contribution in [3.8, 4) is 5.69 Å². The van der Waals surface area contributed by atoms with Gasteiger partial charge in [0.15, 0.2) is 0 Å². The number of carbonyl (C=O) groups excluding carboxylic acids is 2. The van der Waals surface area contributed by atoms with Crippen LogP contribution in [-0.4, -0.2) is 21.4 Å². The van der Waals surface area contributed by atoms with Crippen LogP contribution in [0.1, 0.15) is 26.6 Å². The van der Waals surface area contributed by atoms with E-state index in [1.807, 2.05) is 65.5 Å². The van der Waals surface area contributed by atoms with E-state index in [-0.39, 0.29) is 17.5 Å². The molecular formula is C25H22N4O2S. The highest BCUT2D eigenvalue weighted by atomic mass is 32.1. The lowest BCUT2D eigenvalue weighted by atomic mass is 10.1. The summed E-state index contributed by atoms with van der Waals surface area (Å²) in [5.74, 6) is 0.162. The van der Waals surface area contributed by atoms with E-state index in [0.717, 1.165) is 22.0 Å². The Hall–Kier alpha value is -3.97. The molecule has 0 saturated heterocycles. The summed E-state index contributed by atoms with van der Waals surface area (Å²) in [7, 11) is 0. The number of aryl methyl sites for hydroxylation is 1. The molecule has 0 atom stereocenters. The first-order valence-electron chi connectivity index (χ1n) is 10.1. The summed E-state index contributed by atoms with van der Waals surface area (Å²) in [4.78, 5) is 30.9. The Morgan fingerprint density at radius 2 is 1.81 bits per heavy atom. The summed E-state index contributed by atoms with van der Waals surface area (Å²) in [5.41, 5.74) is 2.56. The predicted molar refractivity (Wildman–Crippen MR) is 126 cm³/mol. The maximum atomic E-state index is 13.1. The van der Waals surface area contributed by atoms with Crippen LogP contribution in [0.5, 0.6) is 0 Å². The number of aromatic nitrogens is 2. The number of benzene rings is 2. The number of carbonyl (C=O) groups is 2. The number of para-hydroxylation sites is 1. The van der Waals surface area contributed by atoms with Gasteiger partial charge in [-0.15, -0.1) is 11.3 Å². The standard InChI is InChI=1S/C25H22N4O2S/c1-18-26-13-14-29(18)23-12-6-5-10-20(23)17-27-25(31)22(16-21-11-7-15-32-21)28-24(30)19-8-3-2-4-9-19/h2-16H,17H2,1H3,(H,27,31)(H,28,30)/b22-16-. The van der Waals surface area contributed by atoms with E-state index in [2.05, 4.69) is 15.6 Å². The van der Waals surface area contributed by atoms with Gasteiger partial charge in [0.25, 0.3) is 11.8 Å². The van der Waals surface area contributed by atoms with E-state index in [1.54, 1.807) is 36.5 Å². The van der Waals surface area contributed by atoms with Gasteiger partial charge in [0.1, 0.15) is 11.5 Å². The van der Waals surface area contributed by atoms with Crippen LogP contribution >= 0.6 is 11.3 Å². The number of hydrogen-bond donors (Lipinski definition) is 2. The zero-order valence-corrected chi connectivity index (χ0v) is 18.3. The van der Waals surface area contributed by atoms with Crippen molar-refractivity contribution in [1.82, 2.24) is 20.2 Å². The summed E-state index contributed by atoms with van der Waals surface area (Å²) >= 11 is 1.49. The van der Waals surface area contributed by atoms with Crippen molar-refractivity contribution < 1.29 is 9.59 Å². The molecule has 0 bridgehead atoms. The fourth-order valence-electron chi connectivity index (χ4n) is 3.26. The minimum Gasteiger partial charge on any atom is -0.347 e. The highest BCUT2D eigenvalue weighted by Gasteiger charge is 2.16. The van der Waals surface area contributed by atoms with E-state index in [0.29, 0.717) is 12.1 Å². The van der Waals surface area contributed by atoms with Gasteiger partial charge >= 0.3 is 0 Å². The van der Waals surface area contributed by atoms with E-state index < -0.39 is 0 Å². The first-order valence-corrected chi connectivity index (χ1v) is 11.0. The molecule has 0 saturated carbocycles. The minimum absolute atomic E-state index is 0.192. The van der Waals surface area contributed by atoms with E-state index in [9.17, 15) is 9.59 Å². The maximum Gasteiger partial charge on any atom is 0.268 e. The predicted octanol–water partition coefficient (Wildman–Crippen LogP) is 4.33. The Labute approximate surface area is 190 Å². The second-order valence-corrected chi connectivity index (χ2v) is 8.03. The van der Waals surface area contributed by atoms with E-state index in [4.69, 9.17) is 0 Å². The van der Waals surface area contributed by atoms with Crippen LogP contribution in [0, 0.1) is 6.92 Å². The molecule has 0 radical (unpaired) electrons. The molecule has 32 heavy (non-hydrogen) atoms. The minimum atomic E-state index is -0.361. The molecule has 4 rings (SSSR count). The van der Waals surface area contributed by atoms with Crippen LogP contribution in [0.2, 0.25) is 0 Å². The van der Waals surface area contributed by atoms with Gasteiger partial charge in [-0.1, -0.05) is 42.5 Å². The van der Waals surface area contributed by atoms with Crippen LogP contribution in [0.15, 0.2) is 90.2 Å². The molecule has 2 N–H and O–H groups in total. The van der Waals surface area contributed by atoms with Crippen LogP contribution in [0.25, 0.3) is 11.8 Å². The molecule has 2 aromatic carbocycles. The number of nitrogens with zero attached hydrogens (tertiary/aromatic N) is 2. The number of thiophene rings is 1. The fraction of sp³-hybridized carbons (Fsp3) is 0.0800. The third-order valence-electron chi connectivity index (χ3n) is 4.87. The Morgan fingerprint density at radius 3 is 2.53 bits per heavy atom. The molecule has 2 aromatic heterocycles. The van der Waals surface area contributed by atoms with E-state index in [1.165, 1.54) is 11.3 Å². The molecule has 0 aliphatic carbocycles. The van der Waals surface area contributed by atoms with Gasteiger partial charge in [0.2, 0.25) is 0 Å². The van der Waals surface area contributed by atoms with Crippen LogP contribution < -0.4 is 10.6 Å². The molecule has 2 amide bonds. The largest absolute Gasteiger partial charge is 0.347 e. The highest BCUT2D eigenvalue weighted by molar-refractivity contribution is 7.10. The molecule has 6 nitrogen and oxygen atoms in total. The highest BCUT2D eigenvalue weighted by Crippen LogP contribution is 2.17. The van der Waals surface area contributed by atoms with Gasteiger partial charge in [0, 0.05) is 29.4 Å². The average molecular weight is 443 g/mol. The first kappa shape index (κ1) is 21.3. The number of nitrogens with one attached hydrogen (secondary N) is 2. The van der Waals surface area contributed by atoms with Crippen molar-refractivity contribution in [3.05, 3.63) is 112 Å². The van der Waals surface area contributed by atoms with Gasteiger partial charge in [-0.2, -0.15) is 0 Å². The Morgan fingerprint density at radius 1 is 1.03 bits per heavy atom. The lowest BCUT2D eigenvalue weighted by molar-refractivity contribution is -0.117. The van der Waals surface area contributed by atoms with Gasteiger partial charge in [-0.05, 0) is 48.2 Å². The summed E-state index contributed by atoms with van der Waals surface area (Å²) in [6.45, 7) is 2.23. The lowest BCUT2D eigenvalue weighted by Gasteiger charge is -2.14.